The van der Waals surface area contributed by atoms with E-state index in [1.54, 1.807) is 11.9 Å². The average molecular weight is 423 g/mol. The van der Waals surface area contributed by atoms with E-state index >= 15 is 0 Å². The van der Waals surface area contributed by atoms with Crippen molar-refractivity contribution in [2.45, 2.75) is 69.7 Å². The first kappa shape index (κ1) is 21.1. The van der Waals surface area contributed by atoms with Gasteiger partial charge in [0, 0.05) is 35.3 Å². The molecule has 2 N–H and O–H groups in total. The molecule has 0 unspecified atom stereocenters. The van der Waals surface area contributed by atoms with Gasteiger partial charge >= 0.3 is 0 Å². The van der Waals surface area contributed by atoms with Crippen LogP contribution >= 0.6 is 11.9 Å². The molecule has 0 atom stereocenters. The summed E-state index contributed by atoms with van der Waals surface area (Å²) in [6.45, 7) is 7.91. The van der Waals surface area contributed by atoms with E-state index in [1.165, 1.54) is 43.4 Å². The second-order valence-corrected chi connectivity index (χ2v) is 10.8. The molecule has 4 rings (SSSR count). The molecule has 1 aliphatic carbocycles. The highest BCUT2D eigenvalue weighted by Crippen LogP contribution is 2.34. The van der Waals surface area contributed by atoms with Crippen LogP contribution in [0.15, 0.2) is 47.4 Å². The van der Waals surface area contributed by atoms with Gasteiger partial charge in [0.25, 0.3) is 0 Å². The zero-order valence-corrected chi connectivity index (χ0v) is 19.5. The third-order valence-corrected chi connectivity index (χ3v) is 6.98. The van der Waals surface area contributed by atoms with Gasteiger partial charge in [-0.3, -0.25) is 0 Å². The SMILES string of the molecule is CN(Sc1cccc(N)c1)c1ccc2c(c1)nc(C(C)(C)C)n2CC1CCCCC1. The standard InChI is InChI=1S/C25H34N4S/c1-25(2,3)24-27-22-16-20(28(4)30-21-12-8-11-19(26)15-21)13-14-23(22)29(24)17-18-9-6-5-7-10-18/h8,11-16,18H,5-7,9-10,17,26H2,1-4H3. The minimum atomic E-state index is 0.0239. The topological polar surface area (TPSA) is 47.1 Å². The number of hydrogen-bond acceptors (Lipinski definition) is 4. The quantitative estimate of drug-likeness (QED) is 0.370. The van der Waals surface area contributed by atoms with Crippen LogP contribution in [0.3, 0.4) is 0 Å². The number of anilines is 2. The Bertz CT molecular complexity index is 1010. The molecule has 0 radical (unpaired) electrons. The lowest BCUT2D eigenvalue weighted by molar-refractivity contribution is 0.313. The van der Waals surface area contributed by atoms with Crippen LogP contribution in [-0.4, -0.2) is 16.6 Å². The van der Waals surface area contributed by atoms with Crippen molar-refractivity contribution in [2.24, 2.45) is 5.92 Å². The van der Waals surface area contributed by atoms with Gasteiger partial charge in [0.1, 0.15) is 5.82 Å². The van der Waals surface area contributed by atoms with Crippen molar-refractivity contribution >= 4 is 34.4 Å². The van der Waals surface area contributed by atoms with Crippen molar-refractivity contribution in [1.82, 2.24) is 9.55 Å². The Hall–Kier alpha value is -2.14. The fourth-order valence-electron chi connectivity index (χ4n) is 4.48. The summed E-state index contributed by atoms with van der Waals surface area (Å²) in [5, 5.41) is 0. The van der Waals surface area contributed by atoms with Crippen LogP contribution in [0, 0.1) is 5.92 Å². The third kappa shape index (κ3) is 4.61. The summed E-state index contributed by atoms with van der Waals surface area (Å²) in [7, 11) is 2.10. The molecule has 0 spiro atoms. The maximum absolute atomic E-state index is 5.94. The molecule has 0 saturated heterocycles. The second kappa shape index (κ2) is 8.54. The lowest BCUT2D eigenvalue weighted by Gasteiger charge is -2.26. The van der Waals surface area contributed by atoms with Gasteiger partial charge in [0.05, 0.1) is 11.0 Å². The molecule has 2 aromatic carbocycles. The van der Waals surface area contributed by atoms with Crippen LogP contribution in [0.1, 0.15) is 58.7 Å². The number of aromatic nitrogens is 2. The normalized spacial score (nSPS) is 15.6. The van der Waals surface area contributed by atoms with Crippen LogP contribution in [0.5, 0.6) is 0 Å². The predicted octanol–water partition coefficient (Wildman–Crippen LogP) is 6.64. The average Bonchev–Trinajstić information content (AvgIpc) is 3.07. The van der Waals surface area contributed by atoms with Crippen molar-refractivity contribution in [1.29, 1.82) is 0 Å². The van der Waals surface area contributed by atoms with Crippen LogP contribution < -0.4 is 10.0 Å². The molecule has 1 aromatic heterocycles. The Kier molecular flexibility index (Phi) is 6.01. The van der Waals surface area contributed by atoms with Crippen molar-refractivity contribution in [3.8, 4) is 0 Å². The summed E-state index contributed by atoms with van der Waals surface area (Å²) in [4.78, 5) is 6.26. The zero-order valence-electron chi connectivity index (χ0n) is 18.7. The fraction of sp³-hybridized carbons (Fsp3) is 0.480. The van der Waals surface area contributed by atoms with E-state index in [0.717, 1.165) is 34.2 Å². The van der Waals surface area contributed by atoms with Crippen LogP contribution in [-0.2, 0) is 12.0 Å². The van der Waals surface area contributed by atoms with E-state index in [4.69, 9.17) is 10.7 Å². The highest BCUT2D eigenvalue weighted by atomic mass is 32.2. The number of nitrogens with zero attached hydrogens (tertiary/aromatic N) is 3. The number of hydrogen-bond donors (Lipinski definition) is 1. The summed E-state index contributed by atoms with van der Waals surface area (Å²) in [6, 6.07) is 14.7. The van der Waals surface area contributed by atoms with E-state index in [1.807, 2.05) is 18.2 Å². The largest absolute Gasteiger partial charge is 0.399 e. The minimum absolute atomic E-state index is 0.0239. The van der Waals surface area contributed by atoms with E-state index < -0.39 is 0 Å². The molecule has 0 amide bonds. The lowest BCUT2D eigenvalue weighted by atomic mass is 9.88. The molecule has 30 heavy (non-hydrogen) atoms. The minimum Gasteiger partial charge on any atom is -0.399 e. The maximum atomic E-state index is 5.94. The van der Waals surface area contributed by atoms with Crippen LogP contribution in [0.2, 0.25) is 0 Å². The summed E-state index contributed by atoms with van der Waals surface area (Å²) in [5.41, 5.74) is 10.3. The summed E-state index contributed by atoms with van der Waals surface area (Å²) in [6.07, 6.45) is 6.84. The molecule has 4 nitrogen and oxygen atoms in total. The first-order chi connectivity index (χ1) is 14.3. The van der Waals surface area contributed by atoms with Gasteiger partial charge < -0.3 is 14.6 Å². The molecule has 0 aliphatic heterocycles. The number of fused-ring (bicyclic) bond motifs is 1. The van der Waals surface area contributed by atoms with E-state index in [-0.39, 0.29) is 5.41 Å². The zero-order chi connectivity index (χ0) is 21.3. The monoisotopic (exact) mass is 422 g/mol. The van der Waals surface area contributed by atoms with Gasteiger partial charge in [-0.15, -0.1) is 0 Å². The van der Waals surface area contributed by atoms with Crippen molar-refractivity contribution in [3.05, 3.63) is 48.3 Å². The van der Waals surface area contributed by atoms with Gasteiger partial charge in [0.2, 0.25) is 0 Å². The Labute approximate surface area is 185 Å². The van der Waals surface area contributed by atoms with E-state index in [2.05, 4.69) is 61.0 Å². The first-order valence-electron chi connectivity index (χ1n) is 11.1. The Balaban J connectivity index is 1.65. The highest BCUT2D eigenvalue weighted by Gasteiger charge is 2.25. The van der Waals surface area contributed by atoms with E-state index in [0.29, 0.717) is 0 Å². The van der Waals surface area contributed by atoms with Crippen LogP contribution in [0.4, 0.5) is 11.4 Å². The van der Waals surface area contributed by atoms with Crippen molar-refractivity contribution in [2.75, 3.05) is 17.1 Å². The molecule has 1 saturated carbocycles. The Morgan fingerprint density at radius 1 is 1.10 bits per heavy atom. The molecule has 1 heterocycles. The van der Waals surface area contributed by atoms with Gasteiger partial charge in [-0.2, -0.15) is 0 Å². The smallest absolute Gasteiger partial charge is 0.115 e. The fourth-order valence-corrected chi connectivity index (χ4v) is 5.34. The molecule has 160 valence electrons. The molecule has 5 heteroatoms. The summed E-state index contributed by atoms with van der Waals surface area (Å²) < 4.78 is 4.69. The van der Waals surface area contributed by atoms with Gasteiger partial charge in [-0.05, 0) is 67.1 Å². The first-order valence-corrected chi connectivity index (χ1v) is 11.9. The Morgan fingerprint density at radius 3 is 2.57 bits per heavy atom. The molecule has 0 bridgehead atoms. The molecule has 1 fully saturated rings. The maximum Gasteiger partial charge on any atom is 0.115 e. The number of benzene rings is 2. The summed E-state index contributed by atoms with van der Waals surface area (Å²) >= 11 is 1.68. The van der Waals surface area contributed by atoms with Crippen molar-refractivity contribution < 1.29 is 0 Å². The molecule has 1 aliphatic rings. The number of imidazole rings is 1. The Morgan fingerprint density at radius 2 is 1.87 bits per heavy atom. The highest BCUT2D eigenvalue weighted by molar-refractivity contribution is 8.00. The summed E-state index contributed by atoms with van der Waals surface area (Å²) in [5.74, 6) is 1.98. The van der Waals surface area contributed by atoms with Crippen molar-refractivity contribution in [3.63, 3.8) is 0 Å². The molecular weight excluding hydrogens is 388 g/mol. The predicted molar refractivity (Wildman–Crippen MR) is 130 cm³/mol. The lowest BCUT2D eigenvalue weighted by Crippen LogP contribution is -2.22. The third-order valence-electron chi connectivity index (χ3n) is 6.03. The number of rotatable bonds is 5. The molecule has 3 aromatic rings. The number of nitrogen functional groups attached to an aromatic ring is 1. The molecular formula is C25H34N4S. The van der Waals surface area contributed by atoms with E-state index in [9.17, 15) is 0 Å². The van der Waals surface area contributed by atoms with Crippen LogP contribution in [0.25, 0.3) is 11.0 Å². The second-order valence-electron chi connectivity index (χ2n) is 9.63. The number of nitrogens with two attached hydrogens (primary N) is 1. The van der Waals surface area contributed by atoms with Gasteiger partial charge in [-0.25, -0.2) is 4.98 Å². The van der Waals surface area contributed by atoms with Gasteiger partial charge in [-0.1, -0.05) is 46.1 Å². The van der Waals surface area contributed by atoms with Gasteiger partial charge in [0.15, 0.2) is 0 Å².